The third-order valence-corrected chi connectivity index (χ3v) is 3.70. The Morgan fingerprint density at radius 1 is 1.22 bits per heavy atom. The number of piperidine rings is 1. The summed E-state index contributed by atoms with van der Waals surface area (Å²) in [5.74, 6) is 0. The maximum Gasteiger partial charge on any atom is 0.103 e. The number of thiocarbonyl (C=S) groups is 1. The van der Waals surface area contributed by atoms with E-state index < -0.39 is 6.10 Å². The van der Waals surface area contributed by atoms with E-state index in [0.717, 1.165) is 24.2 Å². The third-order valence-electron chi connectivity index (χ3n) is 3.46. The Kier molecular flexibility index (Phi) is 4.69. The van der Waals surface area contributed by atoms with Crippen LogP contribution in [0.3, 0.4) is 0 Å². The monoisotopic (exact) mass is 264 g/mol. The lowest BCUT2D eigenvalue weighted by atomic mass is 10.0. The van der Waals surface area contributed by atoms with E-state index in [2.05, 4.69) is 4.90 Å². The van der Waals surface area contributed by atoms with Crippen LogP contribution in [-0.2, 0) is 0 Å². The Morgan fingerprint density at radius 3 is 2.39 bits per heavy atom. The van der Waals surface area contributed by atoms with Crippen molar-refractivity contribution >= 4 is 17.2 Å². The fraction of sp³-hybridized carbons (Fsp3) is 0.500. The van der Waals surface area contributed by atoms with Crippen LogP contribution in [0.25, 0.3) is 0 Å². The van der Waals surface area contributed by atoms with Crippen LogP contribution in [0.4, 0.5) is 0 Å². The fourth-order valence-corrected chi connectivity index (χ4v) is 2.50. The summed E-state index contributed by atoms with van der Waals surface area (Å²) in [5.41, 5.74) is 7.33. The van der Waals surface area contributed by atoms with Crippen molar-refractivity contribution in [2.75, 3.05) is 19.6 Å². The molecule has 3 nitrogen and oxygen atoms in total. The van der Waals surface area contributed by atoms with Crippen molar-refractivity contribution in [3.8, 4) is 0 Å². The second-order valence-corrected chi connectivity index (χ2v) is 5.30. The molecule has 2 rings (SSSR count). The van der Waals surface area contributed by atoms with Gasteiger partial charge in [-0.15, -0.1) is 0 Å². The first-order valence-corrected chi connectivity index (χ1v) is 6.88. The molecule has 1 saturated heterocycles. The summed E-state index contributed by atoms with van der Waals surface area (Å²) in [6, 6.07) is 7.56. The van der Waals surface area contributed by atoms with Crippen LogP contribution < -0.4 is 5.73 Å². The number of likely N-dealkylation sites (tertiary alicyclic amines) is 1. The van der Waals surface area contributed by atoms with Gasteiger partial charge >= 0.3 is 0 Å². The van der Waals surface area contributed by atoms with Crippen molar-refractivity contribution in [3.63, 3.8) is 0 Å². The van der Waals surface area contributed by atoms with E-state index in [1.165, 1.54) is 19.3 Å². The lowest BCUT2D eigenvalue weighted by Gasteiger charge is -2.28. The molecule has 4 heteroatoms. The summed E-state index contributed by atoms with van der Waals surface area (Å²) < 4.78 is 0. The molecular weight excluding hydrogens is 244 g/mol. The minimum Gasteiger partial charge on any atom is -0.389 e. The largest absolute Gasteiger partial charge is 0.389 e. The molecule has 0 radical (unpaired) electrons. The Morgan fingerprint density at radius 2 is 1.83 bits per heavy atom. The van der Waals surface area contributed by atoms with E-state index in [9.17, 15) is 5.11 Å². The number of hydrogen-bond donors (Lipinski definition) is 2. The minimum atomic E-state index is -0.427. The van der Waals surface area contributed by atoms with Gasteiger partial charge in [0.2, 0.25) is 0 Å². The first-order valence-electron chi connectivity index (χ1n) is 6.47. The van der Waals surface area contributed by atoms with Crippen LogP contribution in [0.15, 0.2) is 24.3 Å². The van der Waals surface area contributed by atoms with Gasteiger partial charge in [0.25, 0.3) is 0 Å². The van der Waals surface area contributed by atoms with Gasteiger partial charge in [0, 0.05) is 12.1 Å². The van der Waals surface area contributed by atoms with Crippen molar-refractivity contribution in [1.82, 2.24) is 4.90 Å². The molecule has 1 aromatic carbocycles. The second kappa shape index (κ2) is 6.27. The van der Waals surface area contributed by atoms with Gasteiger partial charge in [-0.3, -0.25) is 0 Å². The molecule has 0 aromatic heterocycles. The van der Waals surface area contributed by atoms with Gasteiger partial charge in [0.1, 0.15) is 4.99 Å². The summed E-state index contributed by atoms with van der Waals surface area (Å²) in [4.78, 5) is 2.72. The van der Waals surface area contributed by atoms with Gasteiger partial charge in [-0.2, -0.15) is 0 Å². The Labute approximate surface area is 114 Å². The molecule has 0 spiro atoms. The highest BCUT2D eigenvalue weighted by atomic mass is 32.1. The molecular formula is C14H20N2OS. The fourth-order valence-electron chi connectivity index (χ4n) is 2.36. The first-order chi connectivity index (χ1) is 8.66. The minimum absolute atomic E-state index is 0.395. The molecule has 1 heterocycles. The molecule has 0 aliphatic carbocycles. The van der Waals surface area contributed by atoms with Crippen LogP contribution in [0.2, 0.25) is 0 Å². The summed E-state index contributed by atoms with van der Waals surface area (Å²) in [6.07, 6.45) is 3.37. The van der Waals surface area contributed by atoms with Gasteiger partial charge in [0.05, 0.1) is 6.10 Å². The summed E-state index contributed by atoms with van der Waals surface area (Å²) >= 11 is 4.91. The topological polar surface area (TPSA) is 49.5 Å². The number of aliphatic hydroxyl groups excluding tert-OH is 1. The van der Waals surface area contributed by atoms with E-state index in [-0.39, 0.29) is 0 Å². The number of rotatable bonds is 4. The molecule has 1 unspecified atom stereocenters. The predicted molar refractivity (Wildman–Crippen MR) is 77.6 cm³/mol. The summed E-state index contributed by atoms with van der Waals surface area (Å²) in [6.45, 7) is 2.91. The smallest absolute Gasteiger partial charge is 0.103 e. The highest BCUT2D eigenvalue weighted by molar-refractivity contribution is 7.80. The number of hydrogen-bond acceptors (Lipinski definition) is 3. The van der Waals surface area contributed by atoms with E-state index in [1.54, 1.807) is 0 Å². The molecule has 1 aliphatic heterocycles. The maximum atomic E-state index is 10.2. The highest BCUT2D eigenvalue weighted by Crippen LogP contribution is 2.18. The molecule has 1 aliphatic rings. The van der Waals surface area contributed by atoms with E-state index in [1.807, 2.05) is 24.3 Å². The SMILES string of the molecule is NC(=S)c1ccc(C(O)CN2CCCCC2)cc1. The van der Waals surface area contributed by atoms with Crippen molar-refractivity contribution in [2.45, 2.75) is 25.4 Å². The number of aliphatic hydroxyl groups is 1. The van der Waals surface area contributed by atoms with Gasteiger partial charge in [-0.25, -0.2) is 0 Å². The van der Waals surface area contributed by atoms with E-state index in [4.69, 9.17) is 18.0 Å². The molecule has 18 heavy (non-hydrogen) atoms. The van der Waals surface area contributed by atoms with Gasteiger partial charge in [0.15, 0.2) is 0 Å². The lowest BCUT2D eigenvalue weighted by Crippen LogP contribution is -2.33. The molecule has 98 valence electrons. The molecule has 0 bridgehead atoms. The zero-order valence-corrected chi connectivity index (χ0v) is 11.3. The van der Waals surface area contributed by atoms with Gasteiger partial charge in [-0.05, 0) is 31.5 Å². The first kappa shape index (κ1) is 13.5. The molecule has 1 aromatic rings. The van der Waals surface area contributed by atoms with E-state index >= 15 is 0 Å². The molecule has 1 fully saturated rings. The van der Waals surface area contributed by atoms with Gasteiger partial charge in [-0.1, -0.05) is 42.9 Å². The van der Waals surface area contributed by atoms with E-state index in [0.29, 0.717) is 11.5 Å². The van der Waals surface area contributed by atoms with Crippen LogP contribution in [0, 0.1) is 0 Å². The quantitative estimate of drug-likeness (QED) is 0.815. The normalized spacial score (nSPS) is 18.5. The van der Waals surface area contributed by atoms with Crippen LogP contribution in [-0.4, -0.2) is 34.6 Å². The predicted octanol–water partition coefficient (Wildman–Crippen LogP) is 1.84. The number of nitrogens with zero attached hydrogens (tertiary/aromatic N) is 1. The summed E-state index contributed by atoms with van der Waals surface area (Å²) in [5, 5.41) is 10.2. The van der Waals surface area contributed by atoms with Crippen molar-refractivity contribution in [2.24, 2.45) is 5.73 Å². The number of β-amino-alcohol motifs (C(OH)–C–C–N with tert-alkyl or cyclic N) is 1. The van der Waals surface area contributed by atoms with Crippen LogP contribution >= 0.6 is 12.2 Å². The third kappa shape index (κ3) is 3.51. The molecule has 3 N–H and O–H groups in total. The average Bonchev–Trinajstić information content (AvgIpc) is 2.40. The van der Waals surface area contributed by atoms with Crippen LogP contribution in [0.1, 0.15) is 36.5 Å². The molecule has 0 saturated carbocycles. The van der Waals surface area contributed by atoms with Crippen molar-refractivity contribution in [1.29, 1.82) is 0 Å². The number of nitrogens with two attached hydrogens (primary N) is 1. The van der Waals surface area contributed by atoms with Gasteiger partial charge < -0.3 is 15.7 Å². The molecule has 1 atom stereocenters. The van der Waals surface area contributed by atoms with Crippen molar-refractivity contribution < 1.29 is 5.11 Å². The van der Waals surface area contributed by atoms with Crippen LogP contribution in [0.5, 0.6) is 0 Å². The Hall–Kier alpha value is -0.970. The molecule has 0 amide bonds. The Bertz CT molecular complexity index is 399. The second-order valence-electron chi connectivity index (χ2n) is 4.86. The number of benzene rings is 1. The highest BCUT2D eigenvalue weighted by Gasteiger charge is 2.15. The zero-order valence-electron chi connectivity index (χ0n) is 10.5. The maximum absolute atomic E-state index is 10.2. The standard InChI is InChI=1S/C14H20N2OS/c15-14(18)12-6-4-11(5-7-12)13(17)10-16-8-2-1-3-9-16/h4-7,13,17H,1-3,8-10H2,(H2,15,18). The average molecular weight is 264 g/mol. The lowest BCUT2D eigenvalue weighted by molar-refractivity contribution is 0.101. The summed E-state index contributed by atoms with van der Waals surface area (Å²) in [7, 11) is 0. The Balaban J connectivity index is 1.95. The zero-order chi connectivity index (χ0) is 13.0. The van der Waals surface area contributed by atoms with Crippen molar-refractivity contribution in [3.05, 3.63) is 35.4 Å².